The van der Waals surface area contributed by atoms with Crippen molar-refractivity contribution in [3.63, 3.8) is 0 Å². The lowest BCUT2D eigenvalue weighted by molar-refractivity contribution is -0.120. The first-order valence-corrected chi connectivity index (χ1v) is 7.28. The van der Waals surface area contributed by atoms with Crippen LogP contribution in [0.5, 0.6) is 0 Å². The first-order chi connectivity index (χ1) is 9.40. The molecule has 0 aliphatic carbocycles. The molecule has 20 heavy (non-hydrogen) atoms. The molecule has 1 aromatic carbocycles. The van der Waals surface area contributed by atoms with Crippen molar-refractivity contribution in [3.8, 4) is 0 Å². The monoisotopic (exact) mass is 318 g/mol. The standard InChI is InChI=1S/C14H20Cl2N2O2/c1-9(2)4-3-5-20-8-13(19)18-14-11(16)6-10(15)7-12(14)17/h6-7,9H,3-5,8,17H2,1-2H3,(H,18,19). The third-order valence-corrected chi connectivity index (χ3v) is 3.17. The number of halogens is 2. The number of nitrogens with two attached hydrogens (primary N) is 1. The first-order valence-electron chi connectivity index (χ1n) is 6.52. The Labute approximate surface area is 129 Å². The number of nitrogens with one attached hydrogen (secondary N) is 1. The zero-order chi connectivity index (χ0) is 15.1. The number of rotatable bonds is 7. The number of anilines is 2. The summed E-state index contributed by atoms with van der Waals surface area (Å²) in [6.07, 6.45) is 2.02. The Morgan fingerprint density at radius 1 is 1.40 bits per heavy atom. The first kappa shape index (κ1) is 17.1. The SMILES string of the molecule is CC(C)CCCOCC(=O)Nc1c(N)cc(Cl)cc1Cl. The lowest BCUT2D eigenvalue weighted by Crippen LogP contribution is -2.19. The summed E-state index contributed by atoms with van der Waals surface area (Å²) in [5, 5.41) is 3.36. The number of carbonyl (C=O) groups excluding carboxylic acids is 1. The van der Waals surface area contributed by atoms with E-state index >= 15 is 0 Å². The van der Waals surface area contributed by atoms with E-state index in [1.54, 1.807) is 0 Å². The highest BCUT2D eigenvalue weighted by Crippen LogP contribution is 2.31. The number of nitrogen functional groups attached to an aromatic ring is 1. The van der Waals surface area contributed by atoms with Gasteiger partial charge < -0.3 is 15.8 Å². The van der Waals surface area contributed by atoms with E-state index in [1.807, 2.05) is 0 Å². The third-order valence-electron chi connectivity index (χ3n) is 2.65. The van der Waals surface area contributed by atoms with E-state index in [-0.39, 0.29) is 12.5 Å². The van der Waals surface area contributed by atoms with Gasteiger partial charge in [0.05, 0.1) is 16.4 Å². The maximum Gasteiger partial charge on any atom is 0.250 e. The van der Waals surface area contributed by atoms with Crippen molar-refractivity contribution >= 4 is 40.5 Å². The summed E-state index contributed by atoms with van der Waals surface area (Å²) >= 11 is 11.8. The molecule has 0 unspecified atom stereocenters. The van der Waals surface area contributed by atoms with Crippen LogP contribution in [0.4, 0.5) is 11.4 Å². The summed E-state index contributed by atoms with van der Waals surface area (Å²) in [7, 11) is 0. The maximum atomic E-state index is 11.7. The van der Waals surface area contributed by atoms with Crippen LogP contribution in [0.25, 0.3) is 0 Å². The zero-order valence-electron chi connectivity index (χ0n) is 11.7. The molecule has 0 aromatic heterocycles. The van der Waals surface area contributed by atoms with Crippen molar-refractivity contribution in [3.05, 3.63) is 22.2 Å². The van der Waals surface area contributed by atoms with Gasteiger partial charge >= 0.3 is 0 Å². The van der Waals surface area contributed by atoms with Crippen LogP contribution < -0.4 is 11.1 Å². The van der Waals surface area contributed by atoms with E-state index in [0.717, 1.165) is 12.8 Å². The van der Waals surface area contributed by atoms with E-state index in [9.17, 15) is 4.79 Å². The second-order valence-corrected chi connectivity index (χ2v) is 5.83. The predicted octanol–water partition coefficient (Wildman–Crippen LogP) is 3.97. The minimum atomic E-state index is -0.287. The largest absolute Gasteiger partial charge is 0.397 e. The Hall–Kier alpha value is -0.970. The van der Waals surface area contributed by atoms with E-state index in [2.05, 4.69) is 19.2 Å². The smallest absolute Gasteiger partial charge is 0.250 e. The molecule has 112 valence electrons. The Morgan fingerprint density at radius 2 is 2.10 bits per heavy atom. The highest BCUT2D eigenvalue weighted by molar-refractivity contribution is 6.37. The average Bonchev–Trinajstić information content (AvgIpc) is 2.33. The molecule has 1 aromatic rings. The van der Waals surface area contributed by atoms with Gasteiger partial charge in [0.15, 0.2) is 0 Å². The Balaban J connectivity index is 2.39. The predicted molar refractivity (Wildman–Crippen MR) is 84.4 cm³/mol. The molecule has 0 aliphatic heterocycles. The second-order valence-electron chi connectivity index (χ2n) is 4.99. The van der Waals surface area contributed by atoms with Crippen LogP contribution in [0, 0.1) is 5.92 Å². The van der Waals surface area contributed by atoms with Gasteiger partial charge in [-0.25, -0.2) is 0 Å². The Bertz CT molecular complexity index is 441. The zero-order valence-corrected chi connectivity index (χ0v) is 13.2. The van der Waals surface area contributed by atoms with Gasteiger partial charge in [-0.05, 0) is 30.9 Å². The summed E-state index contributed by atoms with van der Waals surface area (Å²) < 4.78 is 5.30. The van der Waals surface area contributed by atoms with Crippen LogP contribution in [0.15, 0.2) is 12.1 Å². The fraction of sp³-hybridized carbons (Fsp3) is 0.500. The van der Waals surface area contributed by atoms with Crippen molar-refractivity contribution in [1.82, 2.24) is 0 Å². The minimum absolute atomic E-state index is 0.0174. The molecule has 1 rings (SSSR count). The molecule has 0 saturated carbocycles. The minimum Gasteiger partial charge on any atom is -0.397 e. The quantitative estimate of drug-likeness (QED) is 0.590. The molecular formula is C14H20Cl2N2O2. The van der Waals surface area contributed by atoms with E-state index in [0.29, 0.717) is 33.9 Å². The van der Waals surface area contributed by atoms with Crippen LogP contribution in [0.1, 0.15) is 26.7 Å². The van der Waals surface area contributed by atoms with Crippen molar-refractivity contribution in [2.45, 2.75) is 26.7 Å². The Morgan fingerprint density at radius 3 is 2.70 bits per heavy atom. The van der Waals surface area contributed by atoms with Crippen LogP contribution in [-0.2, 0) is 9.53 Å². The van der Waals surface area contributed by atoms with Crippen LogP contribution in [-0.4, -0.2) is 19.1 Å². The highest BCUT2D eigenvalue weighted by atomic mass is 35.5. The summed E-state index contributed by atoms with van der Waals surface area (Å²) in [5.41, 5.74) is 6.45. The van der Waals surface area contributed by atoms with Crippen molar-refractivity contribution in [2.24, 2.45) is 5.92 Å². The summed E-state index contributed by atoms with van der Waals surface area (Å²) in [5.74, 6) is 0.352. The normalized spacial score (nSPS) is 10.8. The van der Waals surface area contributed by atoms with Crippen molar-refractivity contribution < 1.29 is 9.53 Å². The van der Waals surface area contributed by atoms with Gasteiger partial charge in [0.25, 0.3) is 0 Å². The number of amides is 1. The highest BCUT2D eigenvalue weighted by Gasteiger charge is 2.10. The van der Waals surface area contributed by atoms with Crippen LogP contribution in [0.3, 0.4) is 0 Å². The lowest BCUT2D eigenvalue weighted by atomic mass is 10.1. The van der Waals surface area contributed by atoms with Gasteiger partial charge in [-0.1, -0.05) is 37.0 Å². The molecule has 1 amide bonds. The number of ether oxygens (including phenoxy) is 1. The molecule has 4 nitrogen and oxygen atoms in total. The second kappa shape index (κ2) is 8.35. The molecule has 0 aliphatic rings. The van der Waals surface area contributed by atoms with Crippen LogP contribution in [0.2, 0.25) is 10.0 Å². The molecule has 0 radical (unpaired) electrons. The lowest BCUT2D eigenvalue weighted by Gasteiger charge is -2.11. The van der Waals surface area contributed by atoms with Gasteiger partial charge in [-0.2, -0.15) is 0 Å². The van der Waals surface area contributed by atoms with E-state index < -0.39 is 0 Å². The fourth-order valence-electron chi connectivity index (χ4n) is 1.66. The summed E-state index contributed by atoms with van der Waals surface area (Å²) in [4.78, 5) is 11.7. The van der Waals surface area contributed by atoms with Gasteiger partial charge in [-0.15, -0.1) is 0 Å². The number of carbonyl (C=O) groups is 1. The molecule has 0 saturated heterocycles. The molecule has 3 N–H and O–H groups in total. The number of benzene rings is 1. The topological polar surface area (TPSA) is 64.3 Å². The third kappa shape index (κ3) is 5.99. The Kier molecular flexibility index (Phi) is 7.13. The molecular weight excluding hydrogens is 299 g/mol. The van der Waals surface area contributed by atoms with Gasteiger partial charge in [0, 0.05) is 11.6 Å². The molecule has 0 spiro atoms. The number of hydrogen-bond acceptors (Lipinski definition) is 3. The van der Waals surface area contributed by atoms with E-state index in [1.165, 1.54) is 12.1 Å². The molecule has 0 bridgehead atoms. The summed E-state index contributed by atoms with van der Waals surface area (Å²) in [6, 6.07) is 3.06. The average molecular weight is 319 g/mol. The maximum absolute atomic E-state index is 11.7. The van der Waals surface area contributed by atoms with Gasteiger partial charge in [-0.3, -0.25) is 4.79 Å². The molecule has 6 heteroatoms. The van der Waals surface area contributed by atoms with Crippen molar-refractivity contribution in [2.75, 3.05) is 24.3 Å². The summed E-state index contributed by atoms with van der Waals surface area (Å²) in [6.45, 7) is 4.85. The van der Waals surface area contributed by atoms with E-state index in [4.69, 9.17) is 33.7 Å². The van der Waals surface area contributed by atoms with Crippen molar-refractivity contribution in [1.29, 1.82) is 0 Å². The van der Waals surface area contributed by atoms with Gasteiger partial charge in [0.1, 0.15) is 6.61 Å². The fourth-order valence-corrected chi connectivity index (χ4v) is 2.22. The molecule has 0 fully saturated rings. The molecule has 0 heterocycles. The molecule has 0 atom stereocenters. The van der Waals surface area contributed by atoms with Gasteiger partial charge in [0.2, 0.25) is 5.91 Å². The number of hydrogen-bond donors (Lipinski definition) is 2. The van der Waals surface area contributed by atoms with Crippen LogP contribution >= 0.6 is 23.2 Å².